The number of aromatic nitrogens is 1. The molecule has 0 aliphatic heterocycles. The van der Waals surface area contributed by atoms with Crippen molar-refractivity contribution in [2.45, 2.75) is 53.9 Å². The van der Waals surface area contributed by atoms with Gasteiger partial charge in [0.2, 0.25) is 0 Å². The number of thiophene rings is 1. The van der Waals surface area contributed by atoms with Crippen LogP contribution < -0.4 is 5.73 Å². The van der Waals surface area contributed by atoms with Gasteiger partial charge in [-0.3, -0.25) is 0 Å². The number of hydrogen-bond donors (Lipinski definition) is 1. The predicted octanol–water partition coefficient (Wildman–Crippen LogP) is 5.17. The van der Waals surface area contributed by atoms with Gasteiger partial charge in [-0.05, 0) is 48.6 Å². The van der Waals surface area contributed by atoms with Crippen LogP contribution in [0.25, 0.3) is 10.2 Å². The van der Waals surface area contributed by atoms with Crippen LogP contribution in [0.1, 0.15) is 57.2 Å². The molecule has 0 bridgehead atoms. The van der Waals surface area contributed by atoms with Crippen LogP contribution in [0.2, 0.25) is 0 Å². The molecule has 2 atom stereocenters. The number of aryl methyl sites for hydroxylation is 1. The van der Waals surface area contributed by atoms with E-state index in [1.54, 1.807) is 0 Å². The normalized spacial score (nSPS) is 18.0. The molecule has 3 nitrogen and oxygen atoms in total. The van der Waals surface area contributed by atoms with E-state index in [9.17, 15) is 0 Å². The van der Waals surface area contributed by atoms with E-state index in [0.717, 1.165) is 34.9 Å². The Kier molecular flexibility index (Phi) is 5.64. The minimum atomic E-state index is 0.590. The number of nitrogen functional groups attached to an aromatic ring is 1. The van der Waals surface area contributed by atoms with E-state index in [-0.39, 0.29) is 0 Å². The Morgan fingerprint density at radius 3 is 2.65 bits per heavy atom. The van der Waals surface area contributed by atoms with Gasteiger partial charge < -0.3 is 5.73 Å². The minimum Gasteiger partial charge on any atom is -0.396 e. The molecule has 0 aromatic carbocycles. The number of nitriles is 1. The highest BCUT2D eigenvalue weighted by atomic mass is 32.1. The highest BCUT2D eigenvalue weighted by Gasteiger charge is 2.27. The fourth-order valence-electron chi connectivity index (χ4n) is 3.29. The largest absolute Gasteiger partial charge is 0.396 e. The first-order chi connectivity index (χ1) is 11.0. The fourth-order valence-corrected chi connectivity index (χ4v) is 4.19. The van der Waals surface area contributed by atoms with E-state index in [1.165, 1.54) is 29.0 Å². The maximum atomic E-state index is 9.11. The third-order valence-corrected chi connectivity index (χ3v) is 6.04. The molecule has 0 saturated carbocycles. The monoisotopic (exact) mass is 329 g/mol. The van der Waals surface area contributed by atoms with E-state index in [1.807, 2.05) is 13.8 Å². The SMILES string of the molecule is CC.CC(C)C(C)C1CCc2nc3sc(C#N)c(N)c3cc2C1. The van der Waals surface area contributed by atoms with Crippen LogP contribution in [0.4, 0.5) is 5.69 Å². The maximum Gasteiger partial charge on any atom is 0.130 e. The molecule has 2 aromatic heterocycles. The van der Waals surface area contributed by atoms with Crippen molar-refractivity contribution < 1.29 is 0 Å². The van der Waals surface area contributed by atoms with E-state index >= 15 is 0 Å². The number of anilines is 1. The van der Waals surface area contributed by atoms with Crippen molar-refractivity contribution in [1.29, 1.82) is 5.26 Å². The zero-order valence-electron chi connectivity index (χ0n) is 14.8. The van der Waals surface area contributed by atoms with Gasteiger partial charge in [0.05, 0.1) is 5.69 Å². The summed E-state index contributed by atoms with van der Waals surface area (Å²) in [6, 6.07) is 4.35. The Hall–Kier alpha value is -1.60. The first-order valence-corrected chi connectivity index (χ1v) is 9.43. The van der Waals surface area contributed by atoms with Gasteiger partial charge in [0, 0.05) is 11.1 Å². The zero-order chi connectivity index (χ0) is 17.1. The van der Waals surface area contributed by atoms with Crippen molar-refractivity contribution in [2.75, 3.05) is 5.73 Å². The summed E-state index contributed by atoms with van der Waals surface area (Å²) in [6.45, 7) is 11.0. The first-order valence-electron chi connectivity index (χ1n) is 8.62. The van der Waals surface area contributed by atoms with Gasteiger partial charge >= 0.3 is 0 Å². The summed E-state index contributed by atoms with van der Waals surface area (Å²) in [5, 5.41) is 10.1. The van der Waals surface area contributed by atoms with Gasteiger partial charge in [-0.15, -0.1) is 11.3 Å². The third kappa shape index (κ3) is 3.35. The van der Waals surface area contributed by atoms with Crippen LogP contribution in [0, 0.1) is 29.1 Å². The molecule has 23 heavy (non-hydrogen) atoms. The summed E-state index contributed by atoms with van der Waals surface area (Å²) in [5.41, 5.74) is 9.22. The van der Waals surface area contributed by atoms with Crippen molar-refractivity contribution >= 4 is 27.2 Å². The summed E-state index contributed by atoms with van der Waals surface area (Å²) < 4.78 is 0. The van der Waals surface area contributed by atoms with Crippen LogP contribution >= 0.6 is 11.3 Å². The molecule has 2 aromatic rings. The Balaban J connectivity index is 0.000000924. The van der Waals surface area contributed by atoms with E-state index in [2.05, 4.69) is 32.9 Å². The van der Waals surface area contributed by atoms with Gasteiger partial charge in [0.25, 0.3) is 0 Å². The van der Waals surface area contributed by atoms with Gasteiger partial charge in [-0.25, -0.2) is 4.98 Å². The molecular weight excluding hydrogens is 302 g/mol. The van der Waals surface area contributed by atoms with Crippen LogP contribution in [-0.4, -0.2) is 4.98 Å². The lowest BCUT2D eigenvalue weighted by molar-refractivity contribution is 0.251. The van der Waals surface area contributed by atoms with E-state index in [0.29, 0.717) is 16.5 Å². The second-order valence-electron chi connectivity index (χ2n) is 6.51. The molecule has 0 radical (unpaired) electrons. The quantitative estimate of drug-likeness (QED) is 0.826. The summed E-state index contributed by atoms with van der Waals surface area (Å²) in [4.78, 5) is 6.28. The zero-order valence-corrected chi connectivity index (χ0v) is 15.6. The van der Waals surface area contributed by atoms with E-state index < -0.39 is 0 Å². The number of pyridine rings is 1. The maximum absolute atomic E-state index is 9.11. The van der Waals surface area contributed by atoms with Crippen LogP contribution in [-0.2, 0) is 12.8 Å². The molecule has 2 N–H and O–H groups in total. The number of nitrogens with two attached hydrogens (primary N) is 1. The van der Waals surface area contributed by atoms with Crippen molar-refractivity contribution in [3.05, 3.63) is 22.2 Å². The highest BCUT2D eigenvalue weighted by Crippen LogP contribution is 2.38. The smallest absolute Gasteiger partial charge is 0.130 e. The lowest BCUT2D eigenvalue weighted by Crippen LogP contribution is -2.24. The molecule has 3 rings (SSSR count). The summed E-state index contributed by atoms with van der Waals surface area (Å²) >= 11 is 1.41. The third-order valence-electron chi connectivity index (χ3n) is 5.02. The average Bonchev–Trinajstić information content (AvgIpc) is 2.89. The molecule has 1 aliphatic carbocycles. The Morgan fingerprint density at radius 1 is 1.35 bits per heavy atom. The summed E-state index contributed by atoms with van der Waals surface area (Å²) in [6.07, 6.45) is 3.36. The summed E-state index contributed by atoms with van der Waals surface area (Å²) in [5.74, 6) is 2.17. The standard InChI is InChI=1S/C17H21N3S.C2H6/c1-9(2)10(3)11-4-5-14-12(6-11)7-13-16(19)15(8-18)21-17(13)20-14;1-2/h7,9-11H,4-6,19H2,1-3H3;1-2H3. The lowest BCUT2D eigenvalue weighted by Gasteiger charge is -2.31. The average molecular weight is 330 g/mol. The molecule has 0 fully saturated rings. The molecule has 124 valence electrons. The molecule has 4 heteroatoms. The van der Waals surface area contributed by atoms with Gasteiger partial charge in [0.15, 0.2) is 0 Å². The molecular formula is C19H27N3S. The second-order valence-corrected chi connectivity index (χ2v) is 7.51. The second kappa shape index (κ2) is 7.31. The lowest BCUT2D eigenvalue weighted by atomic mass is 9.75. The van der Waals surface area contributed by atoms with Gasteiger partial charge in [0.1, 0.15) is 15.8 Å². The van der Waals surface area contributed by atoms with Crippen molar-refractivity contribution in [1.82, 2.24) is 4.98 Å². The van der Waals surface area contributed by atoms with Crippen LogP contribution in [0.15, 0.2) is 6.07 Å². The number of rotatable bonds is 2. The Morgan fingerprint density at radius 2 is 2.04 bits per heavy atom. The van der Waals surface area contributed by atoms with Crippen molar-refractivity contribution in [3.8, 4) is 6.07 Å². The van der Waals surface area contributed by atoms with E-state index in [4.69, 9.17) is 16.0 Å². The van der Waals surface area contributed by atoms with Gasteiger partial charge in [-0.2, -0.15) is 5.26 Å². The van der Waals surface area contributed by atoms with Gasteiger partial charge in [-0.1, -0.05) is 34.6 Å². The van der Waals surface area contributed by atoms with Crippen molar-refractivity contribution in [3.63, 3.8) is 0 Å². The van der Waals surface area contributed by atoms with Crippen molar-refractivity contribution in [2.24, 2.45) is 17.8 Å². The Bertz CT molecular complexity index is 724. The molecule has 2 heterocycles. The highest BCUT2D eigenvalue weighted by molar-refractivity contribution is 7.19. The predicted molar refractivity (Wildman–Crippen MR) is 99.6 cm³/mol. The minimum absolute atomic E-state index is 0.590. The number of nitrogens with zero attached hydrogens (tertiary/aromatic N) is 2. The number of fused-ring (bicyclic) bond motifs is 2. The first kappa shape index (κ1) is 17.7. The molecule has 1 aliphatic rings. The molecule has 0 saturated heterocycles. The van der Waals surface area contributed by atoms with Crippen LogP contribution in [0.3, 0.4) is 0 Å². The Labute approximate surface area is 143 Å². The summed E-state index contributed by atoms with van der Waals surface area (Å²) in [7, 11) is 0. The molecule has 0 spiro atoms. The molecule has 0 amide bonds. The molecule has 2 unspecified atom stereocenters. The van der Waals surface area contributed by atoms with Crippen LogP contribution in [0.5, 0.6) is 0 Å². The topological polar surface area (TPSA) is 62.7 Å². The fraction of sp³-hybridized carbons (Fsp3) is 0.579. The number of hydrogen-bond acceptors (Lipinski definition) is 4.